The molecule has 0 bridgehead atoms. The van der Waals surface area contributed by atoms with Gasteiger partial charge in [-0.15, -0.1) is 12.4 Å². The quantitative estimate of drug-likeness (QED) is 0.633. The number of ketones is 1. The second-order valence-corrected chi connectivity index (χ2v) is 1.50. The van der Waals surface area contributed by atoms with Crippen LogP contribution in [-0.4, -0.2) is 17.3 Å². The zero-order valence-electron chi connectivity index (χ0n) is 5.11. The molecule has 0 atom stereocenters. The van der Waals surface area contributed by atoms with Gasteiger partial charge in [-0.25, -0.2) is 4.98 Å². The van der Waals surface area contributed by atoms with Crippen LogP contribution in [0.25, 0.3) is 0 Å². The molecule has 4 nitrogen and oxygen atoms in total. The Balaban J connectivity index is 0.000000810. The van der Waals surface area contributed by atoms with Crippen LogP contribution in [0.5, 0.6) is 0 Å². The predicted molar refractivity (Wildman–Crippen MR) is 37.1 cm³/mol. The van der Waals surface area contributed by atoms with E-state index in [0.29, 0.717) is 0 Å². The second-order valence-electron chi connectivity index (χ2n) is 1.50. The van der Waals surface area contributed by atoms with Gasteiger partial charge in [0.05, 0.1) is 6.54 Å². The molecule has 0 amide bonds. The highest BCUT2D eigenvalue weighted by molar-refractivity contribution is 5.95. The first-order valence-electron chi connectivity index (χ1n) is 2.46. The third-order valence-electron chi connectivity index (χ3n) is 0.903. The zero-order valence-corrected chi connectivity index (χ0v) is 5.93. The van der Waals surface area contributed by atoms with Gasteiger partial charge in [-0.2, -0.15) is 0 Å². The highest BCUT2D eigenvalue weighted by Gasteiger charge is 2.03. The second kappa shape index (κ2) is 4.03. The van der Waals surface area contributed by atoms with Crippen molar-refractivity contribution in [3.05, 3.63) is 18.4 Å². The lowest BCUT2D eigenvalue weighted by Crippen LogP contribution is -2.13. The van der Waals surface area contributed by atoms with Crippen LogP contribution in [0.4, 0.5) is 0 Å². The van der Waals surface area contributed by atoms with Crippen molar-refractivity contribution in [2.75, 3.05) is 6.54 Å². The van der Waals surface area contributed by atoms with E-state index in [1.165, 1.54) is 12.7 Å². The van der Waals surface area contributed by atoms with Gasteiger partial charge in [-0.05, 0) is 0 Å². The molecule has 0 aromatic carbocycles. The molecule has 1 aromatic heterocycles. The zero-order chi connectivity index (χ0) is 6.69. The maximum absolute atomic E-state index is 10.6. The number of carbonyl (C=O) groups excluding carboxylic acids is 1. The van der Waals surface area contributed by atoms with Crippen molar-refractivity contribution in [3.8, 4) is 0 Å². The highest BCUT2D eigenvalue weighted by atomic mass is 35.5. The molecule has 0 aliphatic rings. The first-order chi connectivity index (χ1) is 4.34. The van der Waals surface area contributed by atoms with E-state index in [0.717, 1.165) is 0 Å². The van der Waals surface area contributed by atoms with Gasteiger partial charge in [-0.3, -0.25) is 4.79 Å². The highest BCUT2D eigenvalue weighted by Crippen LogP contribution is 1.93. The Kier molecular flexibility index (Phi) is 3.68. The van der Waals surface area contributed by atoms with Crippen molar-refractivity contribution < 1.29 is 9.21 Å². The molecule has 5 heteroatoms. The van der Waals surface area contributed by atoms with Crippen molar-refractivity contribution >= 4 is 18.2 Å². The fraction of sp³-hybridized carbons (Fsp3) is 0.200. The predicted octanol–water partition coefficient (Wildman–Crippen LogP) is 0.238. The summed E-state index contributed by atoms with van der Waals surface area (Å²) in [6, 6.07) is 0. The minimum atomic E-state index is -0.205. The molecular weight excluding hydrogens is 156 g/mol. The van der Waals surface area contributed by atoms with E-state index in [2.05, 4.69) is 9.40 Å². The third kappa shape index (κ3) is 1.82. The van der Waals surface area contributed by atoms with Crippen molar-refractivity contribution in [2.24, 2.45) is 5.73 Å². The Hall–Kier alpha value is -0.870. The van der Waals surface area contributed by atoms with Crippen LogP contribution in [0.1, 0.15) is 10.5 Å². The van der Waals surface area contributed by atoms with Crippen LogP contribution < -0.4 is 5.73 Å². The largest absolute Gasteiger partial charge is 0.451 e. The number of carbonyl (C=O) groups is 1. The summed E-state index contributed by atoms with van der Waals surface area (Å²) in [5.41, 5.74) is 5.32. The van der Waals surface area contributed by atoms with Crippen LogP contribution in [0, 0.1) is 0 Å². The summed E-state index contributed by atoms with van der Waals surface area (Å²) in [5, 5.41) is 0. The van der Waals surface area contributed by atoms with Gasteiger partial charge in [0.1, 0.15) is 12.0 Å². The van der Waals surface area contributed by atoms with E-state index in [1.54, 1.807) is 0 Å². The van der Waals surface area contributed by atoms with Gasteiger partial charge >= 0.3 is 0 Å². The summed E-state index contributed by atoms with van der Waals surface area (Å²) in [4.78, 5) is 14.2. The number of halogens is 1. The molecule has 0 fully saturated rings. The molecule has 1 aromatic rings. The van der Waals surface area contributed by atoms with Gasteiger partial charge in [0.2, 0.25) is 0 Å². The Bertz CT molecular complexity index is 197. The molecule has 56 valence electrons. The number of hydrogen-bond donors (Lipinski definition) is 1. The number of nitrogens with zero attached hydrogens (tertiary/aromatic N) is 1. The molecule has 0 spiro atoms. The average molecular weight is 163 g/mol. The van der Waals surface area contributed by atoms with E-state index in [-0.39, 0.29) is 30.4 Å². The van der Waals surface area contributed by atoms with Gasteiger partial charge in [0.25, 0.3) is 0 Å². The number of rotatable bonds is 2. The minimum Gasteiger partial charge on any atom is -0.451 e. The summed E-state index contributed by atoms with van der Waals surface area (Å²) >= 11 is 0. The molecule has 0 saturated heterocycles. The van der Waals surface area contributed by atoms with Crippen LogP contribution in [0.3, 0.4) is 0 Å². The van der Waals surface area contributed by atoms with Gasteiger partial charge in [0, 0.05) is 0 Å². The number of oxazole rings is 1. The molecule has 1 rings (SSSR count). The van der Waals surface area contributed by atoms with Crippen molar-refractivity contribution in [1.29, 1.82) is 0 Å². The summed E-state index contributed by atoms with van der Waals surface area (Å²) in [5.74, 6) is -0.205. The fourth-order valence-corrected chi connectivity index (χ4v) is 0.455. The van der Waals surface area contributed by atoms with E-state index >= 15 is 0 Å². The van der Waals surface area contributed by atoms with Crippen LogP contribution >= 0.6 is 12.4 Å². The lowest BCUT2D eigenvalue weighted by atomic mass is 10.3. The Morgan fingerprint density at radius 1 is 1.80 bits per heavy atom. The summed E-state index contributed by atoms with van der Waals surface area (Å²) in [6.45, 7) is -0.0213. The molecule has 10 heavy (non-hydrogen) atoms. The first kappa shape index (κ1) is 9.13. The molecular formula is C5H7ClN2O2. The summed E-state index contributed by atoms with van der Waals surface area (Å²) in [7, 11) is 0. The van der Waals surface area contributed by atoms with E-state index in [4.69, 9.17) is 5.73 Å². The molecule has 1 heterocycles. The van der Waals surface area contributed by atoms with Crippen molar-refractivity contribution in [3.63, 3.8) is 0 Å². The van der Waals surface area contributed by atoms with Gasteiger partial charge < -0.3 is 10.2 Å². The summed E-state index contributed by atoms with van der Waals surface area (Å²) in [6.07, 6.45) is 2.47. The maximum atomic E-state index is 10.6. The monoisotopic (exact) mass is 162 g/mol. The Labute approximate surface area is 63.8 Å². The fourth-order valence-electron chi connectivity index (χ4n) is 0.455. The first-order valence-corrected chi connectivity index (χ1v) is 2.46. The molecule has 2 N–H and O–H groups in total. The molecule has 0 aliphatic heterocycles. The Morgan fingerprint density at radius 2 is 2.50 bits per heavy atom. The van der Waals surface area contributed by atoms with Crippen molar-refractivity contribution in [2.45, 2.75) is 0 Å². The molecule has 0 aliphatic carbocycles. The standard InChI is InChI=1S/C5H6N2O2.ClH/c6-1-5(8)4-2-9-3-7-4;/h2-3H,1,6H2;1H. The maximum Gasteiger partial charge on any atom is 0.197 e. The van der Waals surface area contributed by atoms with E-state index < -0.39 is 0 Å². The molecule has 0 radical (unpaired) electrons. The van der Waals surface area contributed by atoms with Crippen LogP contribution in [-0.2, 0) is 0 Å². The smallest absolute Gasteiger partial charge is 0.197 e. The van der Waals surface area contributed by atoms with Gasteiger partial charge in [-0.1, -0.05) is 0 Å². The topological polar surface area (TPSA) is 69.1 Å². The lowest BCUT2D eigenvalue weighted by Gasteiger charge is -1.84. The Morgan fingerprint density at radius 3 is 2.90 bits per heavy atom. The average Bonchev–Trinajstić information content (AvgIpc) is 2.37. The van der Waals surface area contributed by atoms with Crippen molar-refractivity contribution in [1.82, 2.24) is 4.98 Å². The minimum absolute atomic E-state index is 0. The molecule has 0 unspecified atom stereocenters. The number of nitrogens with two attached hydrogens (primary N) is 1. The third-order valence-corrected chi connectivity index (χ3v) is 0.903. The van der Waals surface area contributed by atoms with Crippen LogP contribution in [0.2, 0.25) is 0 Å². The normalized spacial score (nSPS) is 8.50. The number of aromatic nitrogens is 1. The van der Waals surface area contributed by atoms with Crippen LogP contribution in [0.15, 0.2) is 17.1 Å². The SMILES string of the molecule is Cl.NCC(=O)c1cocn1. The number of Topliss-reactive ketones (excluding diaryl/α,β-unsaturated/α-hetero) is 1. The summed E-state index contributed by atoms with van der Waals surface area (Å²) < 4.78 is 4.55. The lowest BCUT2D eigenvalue weighted by molar-refractivity contribution is 0.0996. The molecule has 0 saturated carbocycles. The van der Waals surface area contributed by atoms with Gasteiger partial charge in [0.15, 0.2) is 12.2 Å². The van der Waals surface area contributed by atoms with E-state index in [1.807, 2.05) is 0 Å². The van der Waals surface area contributed by atoms with E-state index in [9.17, 15) is 4.79 Å². The number of hydrogen-bond acceptors (Lipinski definition) is 4.